The molecule has 0 aromatic heterocycles. The highest BCUT2D eigenvalue weighted by Gasteiger charge is 2.16. The van der Waals surface area contributed by atoms with Crippen LogP contribution in [0.25, 0.3) is 0 Å². The van der Waals surface area contributed by atoms with Crippen LogP contribution in [0.1, 0.15) is 34.0 Å². The second kappa shape index (κ2) is 6.44. The highest BCUT2D eigenvalue weighted by atomic mass is 16.2. The third kappa shape index (κ3) is 3.63. The molecule has 2 aromatic carbocycles. The molecule has 2 aromatic rings. The highest BCUT2D eigenvalue weighted by molar-refractivity contribution is 5.96. The van der Waals surface area contributed by atoms with Crippen LogP contribution in [0.4, 0.5) is 5.69 Å². The summed E-state index contributed by atoms with van der Waals surface area (Å²) in [6, 6.07) is 13.7. The van der Waals surface area contributed by atoms with Crippen LogP contribution in [0.3, 0.4) is 0 Å². The molecule has 0 aliphatic heterocycles. The molecule has 0 aliphatic rings. The van der Waals surface area contributed by atoms with Crippen molar-refractivity contribution < 1.29 is 4.79 Å². The zero-order chi connectivity index (χ0) is 15.4. The van der Waals surface area contributed by atoms with E-state index in [1.807, 2.05) is 36.9 Å². The second-order valence-electron chi connectivity index (χ2n) is 5.38. The molecule has 0 unspecified atom stereocenters. The molecule has 3 nitrogen and oxygen atoms in total. The van der Waals surface area contributed by atoms with Gasteiger partial charge < -0.3 is 10.6 Å². The van der Waals surface area contributed by atoms with Gasteiger partial charge in [-0.3, -0.25) is 4.79 Å². The summed E-state index contributed by atoms with van der Waals surface area (Å²) in [6.07, 6.45) is 0. The maximum Gasteiger partial charge on any atom is 0.254 e. The summed E-state index contributed by atoms with van der Waals surface area (Å²) in [7, 11) is 0. The number of carbonyl (C=O) groups excluding carboxylic acids is 1. The molecule has 0 saturated heterocycles. The molecular weight excluding hydrogens is 260 g/mol. The van der Waals surface area contributed by atoms with Crippen molar-refractivity contribution in [3.05, 3.63) is 64.7 Å². The Hall–Kier alpha value is -2.29. The average Bonchev–Trinajstić information content (AvgIpc) is 2.44. The zero-order valence-electron chi connectivity index (χ0n) is 12.9. The van der Waals surface area contributed by atoms with Gasteiger partial charge in [0.25, 0.3) is 5.91 Å². The Kier molecular flexibility index (Phi) is 4.63. The molecule has 1 amide bonds. The van der Waals surface area contributed by atoms with Gasteiger partial charge in [0.15, 0.2) is 0 Å². The topological polar surface area (TPSA) is 46.3 Å². The number of anilines is 1. The van der Waals surface area contributed by atoms with Crippen LogP contribution in [0, 0.1) is 13.8 Å². The van der Waals surface area contributed by atoms with E-state index in [-0.39, 0.29) is 5.91 Å². The molecule has 0 bridgehead atoms. The Morgan fingerprint density at radius 1 is 1.14 bits per heavy atom. The van der Waals surface area contributed by atoms with Crippen LogP contribution in [0.15, 0.2) is 42.5 Å². The number of nitrogens with zero attached hydrogens (tertiary/aromatic N) is 1. The number of hydrogen-bond acceptors (Lipinski definition) is 2. The minimum Gasteiger partial charge on any atom is -0.399 e. The Labute approximate surface area is 126 Å². The fraction of sp³-hybridized carbons (Fsp3) is 0.278. The summed E-state index contributed by atoms with van der Waals surface area (Å²) in [5, 5.41) is 0. The lowest BCUT2D eigenvalue weighted by atomic mass is 10.1. The van der Waals surface area contributed by atoms with Gasteiger partial charge >= 0.3 is 0 Å². The SMILES string of the molecule is CCN(Cc1cccc(C)c1)C(=O)c1ccc(N)cc1C. The molecule has 2 N–H and O–H groups in total. The lowest BCUT2D eigenvalue weighted by Crippen LogP contribution is -2.30. The van der Waals surface area contributed by atoms with Gasteiger partial charge in [-0.1, -0.05) is 29.8 Å². The summed E-state index contributed by atoms with van der Waals surface area (Å²) >= 11 is 0. The van der Waals surface area contributed by atoms with Crippen LogP contribution in [-0.4, -0.2) is 17.4 Å². The standard InChI is InChI=1S/C18H22N2O/c1-4-20(12-15-7-5-6-13(2)10-15)18(21)17-9-8-16(19)11-14(17)3/h5-11H,4,12,19H2,1-3H3. The minimum absolute atomic E-state index is 0.0523. The predicted octanol–water partition coefficient (Wildman–Crippen LogP) is 3.55. The van der Waals surface area contributed by atoms with E-state index in [1.165, 1.54) is 5.56 Å². The van der Waals surface area contributed by atoms with Gasteiger partial charge in [0.05, 0.1) is 0 Å². The van der Waals surface area contributed by atoms with E-state index in [1.54, 1.807) is 6.07 Å². The average molecular weight is 282 g/mol. The van der Waals surface area contributed by atoms with Crippen LogP contribution >= 0.6 is 0 Å². The number of benzene rings is 2. The van der Waals surface area contributed by atoms with Crippen molar-refractivity contribution in [2.24, 2.45) is 0 Å². The van der Waals surface area contributed by atoms with Crippen molar-refractivity contribution in [1.82, 2.24) is 4.90 Å². The third-order valence-electron chi connectivity index (χ3n) is 3.61. The van der Waals surface area contributed by atoms with E-state index in [0.29, 0.717) is 18.8 Å². The molecule has 0 aliphatic carbocycles. The van der Waals surface area contributed by atoms with Crippen LogP contribution in [0.2, 0.25) is 0 Å². The maximum atomic E-state index is 12.7. The molecule has 3 heteroatoms. The number of nitrogens with two attached hydrogens (primary N) is 1. The summed E-state index contributed by atoms with van der Waals surface area (Å²) < 4.78 is 0. The quantitative estimate of drug-likeness (QED) is 0.872. The van der Waals surface area contributed by atoms with Crippen molar-refractivity contribution in [1.29, 1.82) is 0 Å². The Morgan fingerprint density at radius 2 is 1.90 bits per heavy atom. The van der Waals surface area contributed by atoms with E-state index < -0.39 is 0 Å². The van der Waals surface area contributed by atoms with Gasteiger partial charge in [0.2, 0.25) is 0 Å². The second-order valence-corrected chi connectivity index (χ2v) is 5.38. The van der Waals surface area contributed by atoms with Crippen LogP contribution in [-0.2, 0) is 6.54 Å². The summed E-state index contributed by atoms with van der Waals surface area (Å²) in [4.78, 5) is 14.5. The molecular formula is C18H22N2O. The Bertz CT molecular complexity index is 649. The van der Waals surface area contributed by atoms with Crippen LogP contribution in [0.5, 0.6) is 0 Å². The molecule has 21 heavy (non-hydrogen) atoms. The van der Waals surface area contributed by atoms with E-state index >= 15 is 0 Å². The van der Waals surface area contributed by atoms with Gasteiger partial charge in [-0.05, 0) is 50.1 Å². The number of carbonyl (C=O) groups is 1. The van der Waals surface area contributed by atoms with Gasteiger partial charge in [-0.15, -0.1) is 0 Å². The monoisotopic (exact) mass is 282 g/mol. The molecule has 0 saturated carbocycles. The smallest absolute Gasteiger partial charge is 0.254 e. The first-order valence-corrected chi connectivity index (χ1v) is 7.22. The summed E-state index contributed by atoms with van der Waals surface area (Å²) in [5.74, 6) is 0.0523. The number of rotatable bonds is 4. The molecule has 0 fully saturated rings. The zero-order valence-corrected chi connectivity index (χ0v) is 12.9. The van der Waals surface area contributed by atoms with Gasteiger partial charge in [-0.25, -0.2) is 0 Å². The molecule has 2 rings (SSSR count). The van der Waals surface area contributed by atoms with E-state index in [4.69, 9.17) is 5.73 Å². The first-order chi connectivity index (χ1) is 10.0. The number of amides is 1. The molecule has 0 atom stereocenters. The van der Waals surface area contributed by atoms with Crippen molar-refractivity contribution >= 4 is 11.6 Å². The number of hydrogen-bond donors (Lipinski definition) is 1. The lowest BCUT2D eigenvalue weighted by molar-refractivity contribution is 0.0752. The van der Waals surface area contributed by atoms with Crippen LogP contribution < -0.4 is 5.73 Å². The summed E-state index contributed by atoms with van der Waals surface area (Å²) in [6.45, 7) is 7.29. The number of nitrogen functional groups attached to an aromatic ring is 1. The van der Waals surface area contributed by atoms with Gasteiger partial charge in [-0.2, -0.15) is 0 Å². The molecule has 0 spiro atoms. The number of aryl methyl sites for hydroxylation is 2. The first-order valence-electron chi connectivity index (χ1n) is 7.22. The van der Waals surface area contributed by atoms with Gasteiger partial charge in [0.1, 0.15) is 0 Å². The maximum absolute atomic E-state index is 12.7. The normalized spacial score (nSPS) is 10.4. The molecule has 0 radical (unpaired) electrons. The van der Waals surface area contributed by atoms with E-state index in [2.05, 4.69) is 25.1 Å². The highest BCUT2D eigenvalue weighted by Crippen LogP contribution is 2.16. The fourth-order valence-corrected chi connectivity index (χ4v) is 2.46. The fourth-order valence-electron chi connectivity index (χ4n) is 2.46. The van der Waals surface area contributed by atoms with Crippen molar-refractivity contribution in [2.75, 3.05) is 12.3 Å². The van der Waals surface area contributed by atoms with Crippen molar-refractivity contribution in [2.45, 2.75) is 27.3 Å². The largest absolute Gasteiger partial charge is 0.399 e. The Balaban J connectivity index is 2.22. The van der Waals surface area contributed by atoms with Crippen molar-refractivity contribution in [3.63, 3.8) is 0 Å². The van der Waals surface area contributed by atoms with Crippen molar-refractivity contribution in [3.8, 4) is 0 Å². The summed E-state index contributed by atoms with van der Waals surface area (Å²) in [5.41, 5.74) is 10.4. The Morgan fingerprint density at radius 3 is 2.52 bits per heavy atom. The third-order valence-corrected chi connectivity index (χ3v) is 3.61. The molecule has 110 valence electrons. The minimum atomic E-state index is 0.0523. The lowest BCUT2D eigenvalue weighted by Gasteiger charge is -2.22. The predicted molar refractivity (Wildman–Crippen MR) is 87.2 cm³/mol. The van der Waals surface area contributed by atoms with E-state index in [9.17, 15) is 4.79 Å². The van der Waals surface area contributed by atoms with E-state index in [0.717, 1.165) is 16.7 Å². The molecule has 0 heterocycles. The first kappa shape index (κ1) is 15.1. The van der Waals surface area contributed by atoms with Gasteiger partial charge in [0, 0.05) is 24.3 Å².